The Kier molecular flexibility index (Phi) is 5.42. The lowest BCUT2D eigenvalue weighted by Gasteiger charge is -2.27. The Morgan fingerprint density at radius 2 is 1.72 bits per heavy atom. The fourth-order valence-electron chi connectivity index (χ4n) is 3.69. The average Bonchev–Trinajstić information content (AvgIpc) is 2.84. The molecule has 1 saturated heterocycles. The summed E-state index contributed by atoms with van der Waals surface area (Å²) in [6, 6.07) is 19.6. The molecule has 2 aromatic heterocycles. The molecule has 1 aliphatic rings. The Morgan fingerprint density at radius 1 is 0.906 bits per heavy atom. The molecule has 4 aromatic rings. The van der Waals surface area contributed by atoms with E-state index in [1.807, 2.05) is 30.3 Å². The number of hydrogen-bond acceptors (Lipinski definition) is 7. The first-order chi connectivity index (χ1) is 15.6. The van der Waals surface area contributed by atoms with Crippen LogP contribution in [0.5, 0.6) is 0 Å². The van der Waals surface area contributed by atoms with Gasteiger partial charge in [-0.1, -0.05) is 30.3 Å². The highest BCUT2D eigenvalue weighted by molar-refractivity contribution is 7.93. The second-order valence-electron chi connectivity index (χ2n) is 7.39. The number of benzene rings is 2. The smallest absolute Gasteiger partial charge is 0.264 e. The van der Waals surface area contributed by atoms with Crippen molar-refractivity contribution in [2.24, 2.45) is 0 Å². The van der Waals surface area contributed by atoms with Crippen LogP contribution in [0, 0.1) is 0 Å². The second kappa shape index (κ2) is 8.52. The van der Waals surface area contributed by atoms with Gasteiger partial charge in [0.25, 0.3) is 10.0 Å². The summed E-state index contributed by atoms with van der Waals surface area (Å²) in [6.45, 7) is 2.93. The van der Waals surface area contributed by atoms with Crippen LogP contribution in [0.1, 0.15) is 0 Å². The number of rotatable bonds is 5. The topological polar surface area (TPSA) is 97.3 Å². The van der Waals surface area contributed by atoms with Crippen molar-refractivity contribution in [3.05, 3.63) is 72.9 Å². The van der Waals surface area contributed by atoms with Crippen LogP contribution >= 0.6 is 0 Å². The molecular formula is C23H21N5O3S. The molecule has 1 fully saturated rings. The molecule has 1 aliphatic heterocycles. The summed E-state index contributed by atoms with van der Waals surface area (Å²) in [6.07, 6.45) is 1.58. The van der Waals surface area contributed by atoms with Gasteiger partial charge in [0.2, 0.25) is 0 Å². The van der Waals surface area contributed by atoms with Crippen LogP contribution in [0.2, 0.25) is 0 Å². The molecule has 3 heterocycles. The number of aromatic nitrogens is 3. The number of fused-ring (bicyclic) bond motifs is 1. The summed E-state index contributed by atoms with van der Waals surface area (Å²) in [4.78, 5) is 6.51. The summed E-state index contributed by atoms with van der Waals surface area (Å²) in [5.74, 6) is 0.803. The third-order valence-corrected chi connectivity index (χ3v) is 6.69. The Balaban J connectivity index is 1.40. The Hall–Kier alpha value is -3.56. The predicted octanol–water partition coefficient (Wildman–Crippen LogP) is 3.33. The highest BCUT2D eigenvalue weighted by Gasteiger charge is 2.19. The number of anilines is 2. The van der Waals surface area contributed by atoms with E-state index in [2.05, 4.69) is 24.8 Å². The zero-order valence-electron chi connectivity index (χ0n) is 17.2. The number of pyridine rings is 1. The molecule has 0 bridgehead atoms. The van der Waals surface area contributed by atoms with Crippen molar-refractivity contribution in [1.29, 1.82) is 0 Å². The number of nitrogens with zero attached hydrogens (tertiary/aromatic N) is 4. The number of morpholine rings is 1. The van der Waals surface area contributed by atoms with Gasteiger partial charge in [0, 0.05) is 35.9 Å². The van der Waals surface area contributed by atoms with Gasteiger partial charge >= 0.3 is 0 Å². The van der Waals surface area contributed by atoms with E-state index in [4.69, 9.17) is 4.74 Å². The first kappa shape index (κ1) is 20.3. The van der Waals surface area contributed by atoms with Crippen LogP contribution in [0.3, 0.4) is 0 Å². The van der Waals surface area contributed by atoms with E-state index >= 15 is 0 Å². The number of ether oxygens (including phenoxy) is 1. The molecule has 32 heavy (non-hydrogen) atoms. The maximum atomic E-state index is 13.1. The van der Waals surface area contributed by atoms with Crippen LogP contribution in [-0.4, -0.2) is 49.9 Å². The summed E-state index contributed by atoms with van der Waals surface area (Å²) >= 11 is 0. The summed E-state index contributed by atoms with van der Waals surface area (Å²) in [7, 11) is -3.83. The second-order valence-corrected chi connectivity index (χ2v) is 9.04. The lowest BCUT2D eigenvalue weighted by atomic mass is 10.1. The molecule has 0 aliphatic carbocycles. The fraction of sp³-hybridized carbons (Fsp3) is 0.174. The molecule has 0 radical (unpaired) electrons. The summed E-state index contributed by atoms with van der Waals surface area (Å²) in [5.41, 5.74) is 2.30. The molecule has 9 heteroatoms. The van der Waals surface area contributed by atoms with Gasteiger partial charge in [-0.3, -0.25) is 9.71 Å². The van der Waals surface area contributed by atoms with Gasteiger partial charge < -0.3 is 9.64 Å². The summed E-state index contributed by atoms with van der Waals surface area (Å²) < 4.78 is 34.2. The quantitative estimate of drug-likeness (QED) is 0.501. The van der Waals surface area contributed by atoms with Gasteiger partial charge in [0.15, 0.2) is 5.82 Å². The van der Waals surface area contributed by atoms with E-state index in [0.717, 1.165) is 29.9 Å². The third-order valence-electron chi connectivity index (χ3n) is 5.28. The number of hydrogen-bond donors (Lipinski definition) is 1. The number of para-hydroxylation sites is 1. The van der Waals surface area contributed by atoms with E-state index in [9.17, 15) is 8.42 Å². The van der Waals surface area contributed by atoms with Crippen LogP contribution < -0.4 is 9.62 Å². The van der Waals surface area contributed by atoms with Crippen LogP contribution in [0.4, 0.5) is 11.5 Å². The third kappa shape index (κ3) is 4.12. The fourth-order valence-corrected chi connectivity index (χ4v) is 4.92. The first-order valence-electron chi connectivity index (χ1n) is 10.2. The highest BCUT2D eigenvalue weighted by atomic mass is 32.2. The van der Waals surface area contributed by atoms with Gasteiger partial charge in [0.05, 0.1) is 24.4 Å². The maximum Gasteiger partial charge on any atom is 0.264 e. The zero-order valence-corrected chi connectivity index (χ0v) is 18.0. The molecular weight excluding hydrogens is 426 g/mol. The Labute approximate surface area is 185 Å². The molecule has 2 aromatic carbocycles. The molecule has 5 rings (SSSR count). The number of sulfonamides is 1. The van der Waals surface area contributed by atoms with Crippen molar-refractivity contribution in [3.8, 4) is 11.3 Å². The van der Waals surface area contributed by atoms with E-state index in [0.29, 0.717) is 30.1 Å². The zero-order chi connectivity index (χ0) is 22.0. The average molecular weight is 448 g/mol. The highest BCUT2D eigenvalue weighted by Crippen LogP contribution is 2.26. The lowest BCUT2D eigenvalue weighted by Crippen LogP contribution is -2.36. The minimum Gasteiger partial charge on any atom is -0.378 e. The van der Waals surface area contributed by atoms with Crippen LogP contribution in [0.15, 0.2) is 77.8 Å². The first-order valence-corrected chi connectivity index (χ1v) is 11.7. The number of nitrogens with one attached hydrogen (secondary N) is 1. The largest absolute Gasteiger partial charge is 0.378 e. The van der Waals surface area contributed by atoms with Crippen molar-refractivity contribution >= 4 is 32.4 Å². The molecule has 0 saturated carbocycles. The monoisotopic (exact) mass is 447 g/mol. The van der Waals surface area contributed by atoms with E-state index in [1.54, 1.807) is 42.6 Å². The SMILES string of the molecule is O=S(=O)(Nc1cccc(-c2ccc(N3CCOCC3)nn2)c1)c1cccc2cccnc12. The van der Waals surface area contributed by atoms with E-state index in [-0.39, 0.29) is 4.90 Å². The van der Waals surface area contributed by atoms with Gasteiger partial charge in [-0.2, -0.15) is 0 Å². The molecule has 1 N–H and O–H groups in total. The van der Waals surface area contributed by atoms with Crippen molar-refractivity contribution in [2.45, 2.75) is 4.90 Å². The minimum absolute atomic E-state index is 0.135. The lowest BCUT2D eigenvalue weighted by molar-refractivity contribution is 0.122. The molecule has 0 atom stereocenters. The minimum atomic E-state index is -3.83. The van der Waals surface area contributed by atoms with E-state index in [1.165, 1.54) is 0 Å². The molecule has 0 spiro atoms. The molecule has 0 amide bonds. The Morgan fingerprint density at radius 3 is 2.53 bits per heavy atom. The molecule has 8 nitrogen and oxygen atoms in total. The van der Waals surface area contributed by atoms with Crippen molar-refractivity contribution in [2.75, 3.05) is 35.9 Å². The van der Waals surface area contributed by atoms with Crippen molar-refractivity contribution in [3.63, 3.8) is 0 Å². The standard InChI is InChI=1S/C23H21N5O3S/c29-32(30,21-8-2-4-17-6-3-11-24-23(17)21)27-19-7-1-5-18(16-19)20-9-10-22(26-25-20)28-12-14-31-15-13-28/h1-11,16,27H,12-15H2. The van der Waals surface area contributed by atoms with Crippen LogP contribution in [0.25, 0.3) is 22.2 Å². The van der Waals surface area contributed by atoms with E-state index < -0.39 is 10.0 Å². The Bertz CT molecular complexity index is 1350. The van der Waals surface area contributed by atoms with Gasteiger partial charge in [-0.25, -0.2) is 8.42 Å². The van der Waals surface area contributed by atoms with Gasteiger partial charge in [-0.05, 0) is 36.4 Å². The predicted molar refractivity (Wildman–Crippen MR) is 123 cm³/mol. The van der Waals surface area contributed by atoms with Gasteiger partial charge in [0.1, 0.15) is 4.90 Å². The molecule has 162 valence electrons. The maximum absolute atomic E-state index is 13.1. The molecule has 0 unspecified atom stereocenters. The summed E-state index contributed by atoms with van der Waals surface area (Å²) in [5, 5.41) is 9.44. The normalized spacial score (nSPS) is 14.4. The van der Waals surface area contributed by atoms with Crippen molar-refractivity contribution < 1.29 is 13.2 Å². The van der Waals surface area contributed by atoms with Crippen molar-refractivity contribution in [1.82, 2.24) is 15.2 Å². The van der Waals surface area contributed by atoms with Gasteiger partial charge in [-0.15, -0.1) is 10.2 Å². The van der Waals surface area contributed by atoms with Crippen LogP contribution in [-0.2, 0) is 14.8 Å².